The molecule has 0 spiro atoms. The Morgan fingerprint density at radius 1 is 1.13 bits per heavy atom. The Bertz CT molecular complexity index is 1160. The fraction of sp³-hybridized carbons (Fsp3) is 0.519. The van der Waals surface area contributed by atoms with E-state index in [2.05, 4.69) is 10.6 Å². The maximum Gasteiger partial charge on any atom is 0.274 e. The summed E-state index contributed by atoms with van der Waals surface area (Å²) >= 11 is 0. The van der Waals surface area contributed by atoms with Gasteiger partial charge in [0.2, 0.25) is 5.43 Å². The maximum absolute atomic E-state index is 13.5. The summed E-state index contributed by atoms with van der Waals surface area (Å²) in [6.45, 7) is 3.01. The first-order valence-electron chi connectivity index (χ1n) is 12.8. The summed E-state index contributed by atoms with van der Waals surface area (Å²) in [6.07, 6.45) is 5.34. The molecule has 4 rings (SSSR count). The third-order valence-corrected chi connectivity index (χ3v) is 7.07. The molecule has 2 amide bonds. The highest BCUT2D eigenvalue weighted by Crippen LogP contribution is 2.32. The summed E-state index contributed by atoms with van der Waals surface area (Å²) in [5, 5.41) is 16.7. The Morgan fingerprint density at radius 2 is 1.84 bits per heavy atom. The fourth-order valence-electron chi connectivity index (χ4n) is 5.16. The third-order valence-electron chi connectivity index (χ3n) is 7.07. The van der Waals surface area contributed by atoms with Gasteiger partial charge in [-0.25, -0.2) is 4.39 Å². The van der Waals surface area contributed by atoms with E-state index in [9.17, 15) is 28.3 Å². The molecule has 2 heterocycles. The zero-order valence-corrected chi connectivity index (χ0v) is 21.8. The van der Waals surface area contributed by atoms with Gasteiger partial charge in [-0.2, -0.15) is 0 Å². The standard InChI is InChI=1S/C26H33FN4O5.CH3F/c1-36-13-10-28-15-18-4-2-3-5-21(18)31-12-11-30-16-20(23(32)24(33)22(30)26(31)35)25(34)29-14-17-6-8-19(27)9-7-17;1-2/h6-9,16,18,21,28,33H,2-5,10-15H2,1H3,(H,29,34);1H3. The van der Waals surface area contributed by atoms with Gasteiger partial charge in [0.15, 0.2) is 11.4 Å². The van der Waals surface area contributed by atoms with Crippen LogP contribution in [-0.2, 0) is 17.8 Å². The molecule has 11 heteroatoms. The van der Waals surface area contributed by atoms with Gasteiger partial charge in [-0.1, -0.05) is 25.0 Å². The van der Waals surface area contributed by atoms with Crippen molar-refractivity contribution in [2.45, 2.75) is 44.8 Å². The van der Waals surface area contributed by atoms with Crippen LogP contribution in [0.5, 0.6) is 5.75 Å². The molecule has 1 aliphatic heterocycles. The summed E-state index contributed by atoms with van der Waals surface area (Å²) in [7, 11) is 2.16. The molecule has 2 aliphatic rings. The minimum atomic E-state index is -0.880. The van der Waals surface area contributed by atoms with Gasteiger partial charge in [0, 0.05) is 52.1 Å². The fourth-order valence-corrected chi connectivity index (χ4v) is 5.16. The first-order chi connectivity index (χ1) is 18.4. The number of hydrogen-bond donors (Lipinski definition) is 3. The first kappa shape index (κ1) is 29.2. The molecular formula is C27H36F2N4O5. The van der Waals surface area contributed by atoms with E-state index in [4.69, 9.17) is 4.74 Å². The minimum Gasteiger partial charge on any atom is -0.503 e. The van der Waals surface area contributed by atoms with Crippen molar-refractivity contribution in [1.29, 1.82) is 0 Å². The van der Waals surface area contributed by atoms with Crippen molar-refractivity contribution in [1.82, 2.24) is 20.1 Å². The van der Waals surface area contributed by atoms with Crippen LogP contribution in [0.1, 0.15) is 52.1 Å². The molecule has 208 valence electrons. The Kier molecular flexibility index (Phi) is 10.8. The van der Waals surface area contributed by atoms with E-state index >= 15 is 0 Å². The summed E-state index contributed by atoms with van der Waals surface area (Å²) in [5.74, 6) is -1.87. The number of hydrogen-bond acceptors (Lipinski definition) is 6. The van der Waals surface area contributed by atoms with Crippen LogP contribution in [-0.4, -0.2) is 73.0 Å². The average molecular weight is 535 g/mol. The number of halogens is 2. The highest BCUT2D eigenvalue weighted by atomic mass is 19.1. The van der Waals surface area contributed by atoms with Gasteiger partial charge in [-0.3, -0.25) is 18.8 Å². The molecule has 9 nitrogen and oxygen atoms in total. The lowest BCUT2D eigenvalue weighted by molar-refractivity contribution is 0.0455. The molecule has 0 radical (unpaired) electrons. The van der Waals surface area contributed by atoms with Gasteiger partial charge >= 0.3 is 0 Å². The summed E-state index contributed by atoms with van der Waals surface area (Å²) in [5.41, 5.74) is -0.526. The molecule has 2 aromatic rings. The van der Waals surface area contributed by atoms with Crippen molar-refractivity contribution in [2.75, 3.05) is 40.5 Å². The zero-order valence-electron chi connectivity index (χ0n) is 21.8. The van der Waals surface area contributed by atoms with E-state index in [-0.39, 0.29) is 41.5 Å². The van der Waals surface area contributed by atoms with Crippen LogP contribution in [0.4, 0.5) is 8.78 Å². The van der Waals surface area contributed by atoms with Crippen LogP contribution < -0.4 is 16.1 Å². The molecule has 2 unspecified atom stereocenters. The van der Waals surface area contributed by atoms with E-state index < -0.39 is 17.1 Å². The van der Waals surface area contributed by atoms with Crippen molar-refractivity contribution in [3.63, 3.8) is 0 Å². The molecule has 1 aromatic heterocycles. The lowest BCUT2D eigenvalue weighted by atomic mass is 9.83. The number of benzene rings is 1. The lowest BCUT2D eigenvalue weighted by Gasteiger charge is -2.42. The zero-order chi connectivity index (χ0) is 27.7. The first-order valence-corrected chi connectivity index (χ1v) is 12.8. The topological polar surface area (TPSA) is 113 Å². The van der Waals surface area contributed by atoms with Gasteiger partial charge in [-0.15, -0.1) is 0 Å². The number of aromatic hydroxyl groups is 1. The monoisotopic (exact) mass is 534 g/mol. The Balaban J connectivity index is 0.00000195. The summed E-state index contributed by atoms with van der Waals surface area (Å²) < 4.78 is 29.2. The third kappa shape index (κ3) is 6.76. The number of carbonyl (C=O) groups is 2. The highest BCUT2D eigenvalue weighted by molar-refractivity contribution is 5.99. The Morgan fingerprint density at radius 3 is 2.55 bits per heavy atom. The van der Waals surface area contributed by atoms with Crippen LogP contribution >= 0.6 is 0 Å². The van der Waals surface area contributed by atoms with Gasteiger partial charge < -0.3 is 29.9 Å². The number of ether oxygens (including phenoxy) is 1. The second-order valence-corrected chi connectivity index (χ2v) is 9.38. The largest absolute Gasteiger partial charge is 0.503 e. The van der Waals surface area contributed by atoms with Crippen LogP contribution in [0, 0.1) is 11.7 Å². The number of amides is 2. The Hall–Kier alpha value is -3.31. The van der Waals surface area contributed by atoms with Gasteiger partial charge in [-0.05, 0) is 36.5 Å². The molecule has 0 saturated heterocycles. The number of methoxy groups -OCH3 is 1. The molecule has 38 heavy (non-hydrogen) atoms. The van der Waals surface area contributed by atoms with Gasteiger partial charge in [0.05, 0.1) is 13.8 Å². The normalized spacial score (nSPS) is 18.8. The van der Waals surface area contributed by atoms with Crippen molar-refractivity contribution in [3.8, 4) is 5.75 Å². The van der Waals surface area contributed by atoms with E-state index in [1.807, 2.05) is 0 Å². The number of fused-ring (bicyclic) bond motifs is 1. The Labute approximate surface area is 220 Å². The second-order valence-electron chi connectivity index (χ2n) is 9.38. The number of rotatable bonds is 9. The predicted octanol–water partition coefficient (Wildman–Crippen LogP) is 2.46. The summed E-state index contributed by atoms with van der Waals surface area (Å²) in [6, 6.07) is 5.65. The number of nitrogens with zero attached hydrogens (tertiary/aromatic N) is 2. The smallest absolute Gasteiger partial charge is 0.274 e. The maximum atomic E-state index is 13.5. The van der Waals surface area contributed by atoms with Crippen LogP contribution in [0.15, 0.2) is 35.3 Å². The van der Waals surface area contributed by atoms with Gasteiger partial charge in [0.25, 0.3) is 11.8 Å². The molecule has 3 N–H and O–H groups in total. The summed E-state index contributed by atoms with van der Waals surface area (Å²) in [4.78, 5) is 40.8. The minimum absolute atomic E-state index is 0.0169. The van der Waals surface area contributed by atoms with Crippen molar-refractivity contribution in [3.05, 3.63) is 63.3 Å². The number of pyridine rings is 1. The number of nitrogens with one attached hydrogen (secondary N) is 2. The molecule has 1 aliphatic carbocycles. The molecule has 1 fully saturated rings. The van der Waals surface area contributed by atoms with Crippen molar-refractivity contribution >= 4 is 11.8 Å². The number of aromatic nitrogens is 1. The SMILES string of the molecule is CF.COCCNCC1CCCCC1N1CCn2cc(C(=O)NCc3ccc(F)cc3)c(=O)c(O)c2C1=O. The van der Waals surface area contributed by atoms with E-state index in [1.54, 1.807) is 12.0 Å². The second kappa shape index (κ2) is 14.0. The van der Waals surface area contributed by atoms with E-state index in [0.717, 1.165) is 38.8 Å². The van der Waals surface area contributed by atoms with Crippen molar-refractivity contribution < 1.29 is 28.2 Å². The molecule has 1 aromatic carbocycles. The molecule has 2 atom stereocenters. The number of alkyl halides is 1. The van der Waals surface area contributed by atoms with Crippen molar-refractivity contribution in [2.24, 2.45) is 5.92 Å². The predicted molar refractivity (Wildman–Crippen MR) is 138 cm³/mol. The number of carbonyl (C=O) groups excluding carboxylic acids is 2. The van der Waals surface area contributed by atoms with Crippen LogP contribution in [0.3, 0.4) is 0 Å². The quantitative estimate of drug-likeness (QED) is 0.426. The van der Waals surface area contributed by atoms with Crippen LogP contribution in [0.25, 0.3) is 0 Å². The lowest BCUT2D eigenvalue weighted by Crippen LogP contribution is -2.53. The average Bonchev–Trinajstić information content (AvgIpc) is 2.94. The van der Waals surface area contributed by atoms with Gasteiger partial charge in [0.1, 0.15) is 11.4 Å². The van der Waals surface area contributed by atoms with E-state index in [0.29, 0.717) is 32.4 Å². The molecule has 1 saturated carbocycles. The molecular weight excluding hydrogens is 498 g/mol. The van der Waals surface area contributed by atoms with Crippen LogP contribution in [0.2, 0.25) is 0 Å². The molecule has 0 bridgehead atoms. The van der Waals surface area contributed by atoms with E-state index in [1.165, 1.54) is 35.0 Å². The highest BCUT2D eigenvalue weighted by Gasteiger charge is 2.38.